The molecular weight excluding hydrogens is 627 g/mol. The van der Waals surface area contributed by atoms with E-state index in [4.69, 9.17) is 0 Å². The van der Waals surface area contributed by atoms with Gasteiger partial charge in [-0.2, -0.15) is 0 Å². The molecule has 0 spiro atoms. The number of rotatable bonds is 37. The maximum absolute atomic E-state index is 12.4. The molecule has 0 heterocycles. The van der Waals surface area contributed by atoms with Crippen molar-refractivity contribution >= 4 is 5.91 Å². The second kappa shape index (κ2) is 42.0. The number of carbonyl (C=O) groups is 1. The van der Waals surface area contributed by atoms with Crippen molar-refractivity contribution in [3.63, 3.8) is 0 Å². The van der Waals surface area contributed by atoms with Gasteiger partial charge in [-0.15, -0.1) is 0 Å². The number of allylic oxidation sites excluding steroid dienone is 13. The van der Waals surface area contributed by atoms with Gasteiger partial charge in [-0.25, -0.2) is 0 Å². The van der Waals surface area contributed by atoms with Crippen molar-refractivity contribution in [2.24, 2.45) is 0 Å². The minimum Gasteiger partial charge on any atom is -0.394 e. The van der Waals surface area contributed by atoms with Crippen LogP contribution in [0.3, 0.4) is 0 Å². The summed E-state index contributed by atoms with van der Waals surface area (Å²) in [7, 11) is 0. The first-order valence-corrected chi connectivity index (χ1v) is 21.3. The van der Waals surface area contributed by atoms with E-state index in [1.807, 2.05) is 6.08 Å². The molecule has 0 aromatic carbocycles. The van der Waals surface area contributed by atoms with E-state index in [1.165, 1.54) is 96.3 Å². The van der Waals surface area contributed by atoms with Crippen LogP contribution >= 0.6 is 0 Å². The van der Waals surface area contributed by atoms with Gasteiger partial charge in [0.15, 0.2) is 0 Å². The van der Waals surface area contributed by atoms with Crippen molar-refractivity contribution in [3.05, 3.63) is 85.1 Å². The number of amides is 1. The third-order valence-corrected chi connectivity index (χ3v) is 9.13. The predicted octanol–water partition coefficient (Wildman–Crippen LogP) is 13.3. The van der Waals surface area contributed by atoms with Gasteiger partial charge < -0.3 is 15.5 Å². The Labute approximate surface area is 316 Å². The van der Waals surface area contributed by atoms with E-state index < -0.39 is 12.1 Å². The molecule has 0 bridgehead atoms. The Balaban J connectivity index is 3.72. The number of aliphatic hydroxyl groups is 2. The first kappa shape index (κ1) is 48.6. The van der Waals surface area contributed by atoms with Gasteiger partial charge in [-0.3, -0.25) is 4.79 Å². The lowest BCUT2D eigenvalue weighted by atomic mass is 10.0. The Bertz CT molecular complexity index is 941. The van der Waals surface area contributed by atoms with E-state index in [0.717, 1.165) is 70.6 Å². The fraction of sp³-hybridized carbons (Fsp3) is 0.681. The summed E-state index contributed by atoms with van der Waals surface area (Å²) < 4.78 is 0. The fourth-order valence-electron chi connectivity index (χ4n) is 5.89. The number of hydrogen-bond acceptors (Lipinski definition) is 3. The second-order valence-electron chi connectivity index (χ2n) is 14.0. The zero-order valence-electron chi connectivity index (χ0n) is 33.3. The van der Waals surface area contributed by atoms with E-state index in [0.29, 0.717) is 6.42 Å². The van der Waals surface area contributed by atoms with E-state index in [9.17, 15) is 15.0 Å². The molecule has 292 valence electrons. The molecule has 0 saturated carbocycles. The molecule has 51 heavy (non-hydrogen) atoms. The molecule has 0 aliphatic rings. The minimum absolute atomic E-state index is 0.109. The molecule has 0 saturated heterocycles. The lowest BCUT2D eigenvalue weighted by Crippen LogP contribution is -2.45. The summed E-state index contributed by atoms with van der Waals surface area (Å²) in [6.07, 6.45) is 61.1. The maximum atomic E-state index is 12.4. The van der Waals surface area contributed by atoms with Crippen LogP contribution in [0, 0.1) is 0 Å². The van der Waals surface area contributed by atoms with Gasteiger partial charge in [0, 0.05) is 6.42 Å². The lowest BCUT2D eigenvalue weighted by molar-refractivity contribution is -0.123. The molecule has 4 nitrogen and oxygen atoms in total. The van der Waals surface area contributed by atoms with Crippen LogP contribution in [-0.4, -0.2) is 34.9 Å². The van der Waals surface area contributed by atoms with Gasteiger partial charge in [0.25, 0.3) is 0 Å². The van der Waals surface area contributed by atoms with Crippen LogP contribution in [-0.2, 0) is 4.79 Å². The third-order valence-electron chi connectivity index (χ3n) is 9.13. The van der Waals surface area contributed by atoms with Crippen molar-refractivity contribution in [1.29, 1.82) is 0 Å². The van der Waals surface area contributed by atoms with Gasteiger partial charge in [0.1, 0.15) is 0 Å². The van der Waals surface area contributed by atoms with Crippen LogP contribution in [0.2, 0.25) is 0 Å². The summed E-state index contributed by atoms with van der Waals surface area (Å²) in [5, 5.41) is 23.0. The van der Waals surface area contributed by atoms with Crippen LogP contribution < -0.4 is 5.32 Å². The van der Waals surface area contributed by atoms with Crippen LogP contribution in [0.15, 0.2) is 85.1 Å². The summed E-state index contributed by atoms with van der Waals surface area (Å²) in [5.41, 5.74) is 0. The predicted molar refractivity (Wildman–Crippen MR) is 225 cm³/mol. The van der Waals surface area contributed by atoms with Crippen molar-refractivity contribution in [3.8, 4) is 0 Å². The Kier molecular flexibility index (Phi) is 40.0. The Morgan fingerprint density at radius 2 is 0.863 bits per heavy atom. The first-order valence-electron chi connectivity index (χ1n) is 21.3. The van der Waals surface area contributed by atoms with E-state index in [-0.39, 0.29) is 12.5 Å². The van der Waals surface area contributed by atoms with E-state index in [2.05, 4.69) is 92.1 Å². The SMILES string of the molecule is CC/C=C\C/C=C\C/C=C\C/C=C\C/C=C\C/C=C\CCCCC(=O)NC(CO)C(O)/C=C/CCCCCCCCCCCCCCCCCC. The molecule has 0 aromatic rings. The van der Waals surface area contributed by atoms with Crippen molar-refractivity contribution < 1.29 is 15.0 Å². The highest BCUT2D eigenvalue weighted by atomic mass is 16.3. The monoisotopic (exact) mass is 708 g/mol. The van der Waals surface area contributed by atoms with Crippen molar-refractivity contribution in [2.45, 2.75) is 199 Å². The highest BCUT2D eigenvalue weighted by molar-refractivity contribution is 5.76. The number of nitrogens with one attached hydrogen (secondary N) is 1. The molecule has 0 aromatic heterocycles. The highest BCUT2D eigenvalue weighted by Gasteiger charge is 2.17. The largest absolute Gasteiger partial charge is 0.394 e. The highest BCUT2D eigenvalue weighted by Crippen LogP contribution is 2.14. The summed E-state index contributed by atoms with van der Waals surface area (Å²) in [4.78, 5) is 12.4. The molecular formula is C47H81NO3. The van der Waals surface area contributed by atoms with Gasteiger partial charge >= 0.3 is 0 Å². The Hall–Kier alpha value is -2.43. The summed E-state index contributed by atoms with van der Waals surface area (Å²) in [5.74, 6) is -0.109. The van der Waals surface area contributed by atoms with Gasteiger partial charge in [-0.05, 0) is 70.6 Å². The molecule has 0 radical (unpaired) electrons. The van der Waals surface area contributed by atoms with Gasteiger partial charge in [0.2, 0.25) is 5.91 Å². The maximum Gasteiger partial charge on any atom is 0.220 e. The molecule has 1 amide bonds. The van der Waals surface area contributed by atoms with E-state index >= 15 is 0 Å². The quantitative estimate of drug-likeness (QED) is 0.0445. The third kappa shape index (κ3) is 38.6. The molecule has 2 atom stereocenters. The Morgan fingerprint density at radius 1 is 0.490 bits per heavy atom. The molecule has 0 aliphatic heterocycles. The molecule has 3 N–H and O–H groups in total. The Morgan fingerprint density at radius 3 is 1.29 bits per heavy atom. The summed E-state index contributed by atoms with van der Waals surface area (Å²) in [6, 6.07) is -0.650. The number of hydrogen-bond donors (Lipinski definition) is 3. The van der Waals surface area contributed by atoms with E-state index in [1.54, 1.807) is 6.08 Å². The summed E-state index contributed by atoms with van der Waals surface area (Å²) in [6.45, 7) is 4.17. The van der Waals surface area contributed by atoms with Crippen LogP contribution in [0.1, 0.15) is 187 Å². The fourth-order valence-corrected chi connectivity index (χ4v) is 5.89. The molecule has 0 fully saturated rings. The minimum atomic E-state index is -0.862. The molecule has 4 heteroatoms. The second-order valence-corrected chi connectivity index (χ2v) is 14.0. The number of unbranched alkanes of at least 4 members (excludes halogenated alkanes) is 18. The molecule has 0 rings (SSSR count). The zero-order chi connectivity index (χ0) is 37.1. The first-order chi connectivity index (χ1) is 25.2. The van der Waals surface area contributed by atoms with Crippen molar-refractivity contribution in [1.82, 2.24) is 5.32 Å². The van der Waals surface area contributed by atoms with Gasteiger partial charge in [0.05, 0.1) is 18.8 Å². The smallest absolute Gasteiger partial charge is 0.220 e. The van der Waals surface area contributed by atoms with Crippen LogP contribution in [0.4, 0.5) is 0 Å². The van der Waals surface area contributed by atoms with Gasteiger partial charge in [-0.1, -0.05) is 195 Å². The number of aliphatic hydroxyl groups excluding tert-OH is 2. The zero-order valence-corrected chi connectivity index (χ0v) is 33.3. The summed E-state index contributed by atoms with van der Waals surface area (Å²) >= 11 is 0. The van der Waals surface area contributed by atoms with Crippen LogP contribution in [0.25, 0.3) is 0 Å². The normalized spacial score (nSPS) is 13.9. The van der Waals surface area contributed by atoms with Crippen molar-refractivity contribution in [2.75, 3.05) is 6.61 Å². The van der Waals surface area contributed by atoms with Crippen LogP contribution in [0.5, 0.6) is 0 Å². The molecule has 0 aliphatic carbocycles. The average Bonchev–Trinajstić information content (AvgIpc) is 3.13. The molecule has 2 unspecified atom stereocenters. The number of carbonyl (C=O) groups excluding carboxylic acids is 1. The standard InChI is InChI=1S/C47H81NO3/c1-3-5-7-9-11-13-15-17-19-21-23-24-25-27-29-31-33-35-37-39-41-43-47(51)48-45(44-49)46(50)42-40-38-36-34-32-30-28-26-22-20-18-16-14-12-10-8-6-4-2/h5,7,11,13,17,19,23-24,27,29,33,35,40,42,45-46,49-50H,3-4,6,8-10,12,14-16,18,20-22,25-26,28,30-32,34,36-39,41,43-44H2,1-2H3,(H,48,51)/b7-5-,13-11-,19-17-,24-23-,29-27-,35-33-,42-40+. The average molecular weight is 708 g/mol. The topological polar surface area (TPSA) is 69.6 Å². The lowest BCUT2D eigenvalue weighted by Gasteiger charge is -2.19.